The van der Waals surface area contributed by atoms with E-state index in [-0.39, 0.29) is 6.04 Å². The van der Waals surface area contributed by atoms with Crippen LogP contribution in [0.5, 0.6) is 5.75 Å². The number of ether oxygens (including phenoxy) is 1. The molecule has 0 saturated heterocycles. The molecule has 0 aliphatic rings. The van der Waals surface area contributed by atoms with Gasteiger partial charge in [-0.05, 0) is 46.6 Å². The molecule has 3 N–H and O–H groups in total. The Morgan fingerprint density at radius 3 is 2.60 bits per heavy atom. The Morgan fingerprint density at radius 2 is 2.00 bits per heavy atom. The molecular formula is C15H16BrClN2O. The van der Waals surface area contributed by atoms with Crippen LogP contribution in [0.4, 0.5) is 0 Å². The quantitative estimate of drug-likeness (QED) is 0.644. The fourth-order valence-corrected chi connectivity index (χ4v) is 2.65. The van der Waals surface area contributed by atoms with Crippen molar-refractivity contribution in [2.45, 2.75) is 13.0 Å². The van der Waals surface area contributed by atoms with Crippen molar-refractivity contribution >= 4 is 27.5 Å². The molecule has 0 aromatic heterocycles. The number of methoxy groups -OCH3 is 1. The standard InChI is InChI=1S/C15H16BrClN2O/c1-9-3-6-14(20-2)11(7-9)15(19-18)10-4-5-13(17)12(16)8-10/h3-8,15,19H,18H2,1-2H3. The van der Waals surface area contributed by atoms with E-state index < -0.39 is 0 Å². The summed E-state index contributed by atoms with van der Waals surface area (Å²) in [7, 11) is 1.65. The molecule has 20 heavy (non-hydrogen) atoms. The molecule has 0 amide bonds. The lowest BCUT2D eigenvalue weighted by Crippen LogP contribution is -2.29. The first-order valence-corrected chi connectivity index (χ1v) is 7.29. The third-order valence-corrected chi connectivity index (χ3v) is 4.35. The second-order valence-corrected chi connectivity index (χ2v) is 5.78. The zero-order valence-electron chi connectivity index (χ0n) is 11.3. The minimum absolute atomic E-state index is 0.168. The highest BCUT2D eigenvalue weighted by atomic mass is 79.9. The molecule has 0 saturated carbocycles. The second kappa shape index (κ2) is 6.59. The minimum Gasteiger partial charge on any atom is -0.496 e. The van der Waals surface area contributed by atoms with Crippen LogP contribution in [0.2, 0.25) is 5.02 Å². The van der Waals surface area contributed by atoms with Gasteiger partial charge in [-0.2, -0.15) is 0 Å². The highest BCUT2D eigenvalue weighted by Crippen LogP contribution is 2.33. The van der Waals surface area contributed by atoms with E-state index in [0.29, 0.717) is 5.02 Å². The molecule has 1 atom stereocenters. The van der Waals surface area contributed by atoms with Gasteiger partial charge in [0.25, 0.3) is 0 Å². The van der Waals surface area contributed by atoms with Gasteiger partial charge in [0.1, 0.15) is 5.75 Å². The van der Waals surface area contributed by atoms with Crippen LogP contribution < -0.4 is 16.0 Å². The molecule has 0 fully saturated rings. The zero-order valence-corrected chi connectivity index (χ0v) is 13.6. The first-order chi connectivity index (χ1) is 9.56. The predicted octanol–water partition coefficient (Wildman–Crippen LogP) is 3.97. The van der Waals surface area contributed by atoms with E-state index in [9.17, 15) is 0 Å². The molecule has 0 aliphatic carbocycles. The van der Waals surface area contributed by atoms with E-state index in [0.717, 1.165) is 26.9 Å². The number of benzene rings is 2. The van der Waals surface area contributed by atoms with Crippen LogP contribution in [0.3, 0.4) is 0 Å². The molecule has 5 heteroatoms. The Morgan fingerprint density at radius 1 is 1.25 bits per heavy atom. The van der Waals surface area contributed by atoms with Crippen molar-refractivity contribution in [1.82, 2.24) is 5.43 Å². The number of nitrogens with one attached hydrogen (secondary N) is 1. The van der Waals surface area contributed by atoms with Crippen LogP contribution in [0.15, 0.2) is 40.9 Å². The van der Waals surface area contributed by atoms with Crippen molar-refractivity contribution in [3.63, 3.8) is 0 Å². The Kier molecular flexibility index (Phi) is 5.05. The lowest BCUT2D eigenvalue weighted by molar-refractivity contribution is 0.404. The van der Waals surface area contributed by atoms with Crippen molar-refractivity contribution in [2.75, 3.05) is 7.11 Å². The average molecular weight is 356 g/mol. The molecule has 2 aromatic rings. The molecule has 1 unspecified atom stereocenters. The number of halogens is 2. The largest absolute Gasteiger partial charge is 0.496 e. The second-order valence-electron chi connectivity index (χ2n) is 4.52. The fraction of sp³-hybridized carbons (Fsp3) is 0.200. The average Bonchev–Trinajstić information content (AvgIpc) is 2.44. The van der Waals surface area contributed by atoms with Crippen molar-refractivity contribution in [3.8, 4) is 5.75 Å². The molecule has 2 aromatic carbocycles. The Hall–Kier alpha value is -1.07. The third-order valence-electron chi connectivity index (χ3n) is 3.14. The maximum absolute atomic E-state index is 6.04. The molecule has 2 rings (SSSR count). The maximum atomic E-state index is 6.04. The van der Waals surface area contributed by atoms with Crippen LogP contribution in [-0.2, 0) is 0 Å². The molecule has 0 radical (unpaired) electrons. The van der Waals surface area contributed by atoms with Crippen molar-refractivity contribution in [2.24, 2.45) is 5.84 Å². The van der Waals surface area contributed by atoms with E-state index in [2.05, 4.69) is 27.4 Å². The number of nitrogens with two attached hydrogens (primary N) is 1. The number of hydrogen-bond acceptors (Lipinski definition) is 3. The van der Waals surface area contributed by atoms with Gasteiger partial charge < -0.3 is 4.74 Å². The highest BCUT2D eigenvalue weighted by Gasteiger charge is 2.18. The Bertz CT molecular complexity index is 619. The summed E-state index contributed by atoms with van der Waals surface area (Å²) in [5.41, 5.74) is 5.98. The molecule has 0 aliphatic heterocycles. The lowest BCUT2D eigenvalue weighted by Gasteiger charge is -2.20. The van der Waals surface area contributed by atoms with E-state index in [1.807, 2.05) is 37.3 Å². The lowest BCUT2D eigenvalue weighted by atomic mass is 9.97. The first kappa shape index (κ1) is 15.3. The summed E-state index contributed by atoms with van der Waals surface area (Å²) < 4.78 is 6.26. The van der Waals surface area contributed by atoms with Gasteiger partial charge in [-0.1, -0.05) is 35.4 Å². The molecule has 106 valence electrons. The summed E-state index contributed by atoms with van der Waals surface area (Å²) in [5, 5.41) is 0.667. The van der Waals surface area contributed by atoms with Crippen LogP contribution >= 0.6 is 27.5 Å². The van der Waals surface area contributed by atoms with Gasteiger partial charge in [0, 0.05) is 10.0 Å². The number of aryl methyl sites for hydroxylation is 1. The summed E-state index contributed by atoms with van der Waals surface area (Å²) in [5.74, 6) is 6.54. The predicted molar refractivity (Wildman–Crippen MR) is 86.0 cm³/mol. The Labute approximate surface area is 132 Å². The molecule has 0 heterocycles. The van der Waals surface area contributed by atoms with Crippen LogP contribution in [-0.4, -0.2) is 7.11 Å². The van der Waals surface area contributed by atoms with Crippen molar-refractivity contribution in [1.29, 1.82) is 0 Å². The van der Waals surface area contributed by atoms with Crippen molar-refractivity contribution < 1.29 is 4.74 Å². The van der Waals surface area contributed by atoms with Crippen LogP contribution in [0, 0.1) is 6.92 Å². The highest BCUT2D eigenvalue weighted by molar-refractivity contribution is 9.10. The summed E-state index contributed by atoms with van der Waals surface area (Å²) in [4.78, 5) is 0. The summed E-state index contributed by atoms with van der Waals surface area (Å²) in [6, 6.07) is 11.6. The molecule has 0 bridgehead atoms. The van der Waals surface area contributed by atoms with E-state index in [4.69, 9.17) is 22.2 Å². The number of hydrazine groups is 1. The van der Waals surface area contributed by atoms with E-state index in [1.165, 1.54) is 0 Å². The van der Waals surface area contributed by atoms with Gasteiger partial charge in [0.15, 0.2) is 0 Å². The van der Waals surface area contributed by atoms with Gasteiger partial charge in [0.05, 0.1) is 18.2 Å². The number of rotatable bonds is 4. The SMILES string of the molecule is COc1ccc(C)cc1C(NN)c1ccc(Cl)c(Br)c1. The molecular weight excluding hydrogens is 340 g/mol. The maximum Gasteiger partial charge on any atom is 0.124 e. The van der Waals surface area contributed by atoms with Crippen LogP contribution in [0.25, 0.3) is 0 Å². The molecule has 3 nitrogen and oxygen atoms in total. The fourth-order valence-electron chi connectivity index (χ4n) is 2.14. The minimum atomic E-state index is -0.168. The summed E-state index contributed by atoms with van der Waals surface area (Å²) in [6.45, 7) is 2.04. The monoisotopic (exact) mass is 354 g/mol. The van der Waals surface area contributed by atoms with Crippen LogP contribution in [0.1, 0.15) is 22.7 Å². The van der Waals surface area contributed by atoms with E-state index >= 15 is 0 Å². The van der Waals surface area contributed by atoms with Gasteiger partial charge in [-0.3, -0.25) is 5.84 Å². The zero-order chi connectivity index (χ0) is 14.7. The van der Waals surface area contributed by atoms with Gasteiger partial charge in [-0.25, -0.2) is 5.43 Å². The normalized spacial score (nSPS) is 12.2. The third kappa shape index (κ3) is 3.15. The molecule has 0 spiro atoms. The van der Waals surface area contributed by atoms with Gasteiger partial charge in [-0.15, -0.1) is 0 Å². The smallest absolute Gasteiger partial charge is 0.124 e. The van der Waals surface area contributed by atoms with Gasteiger partial charge in [0.2, 0.25) is 0 Å². The number of hydrogen-bond donors (Lipinski definition) is 2. The summed E-state index contributed by atoms with van der Waals surface area (Å²) >= 11 is 9.47. The van der Waals surface area contributed by atoms with Gasteiger partial charge >= 0.3 is 0 Å². The Balaban J connectivity index is 2.51. The van der Waals surface area contributed by atoms with E-state index in [1.54, 1.807) is 7.11 Å². The summed E-state index contributed by atoms with van der Waals surface area (Å²) in [6.07, 6.45) is 0. The topological polar surface area (TPSA) is 47.3 Å². The first-order valence-electron chi connectivity index (χ1n) is 6.12. The van der Waals surface area contributed by atoms with Crippen molar-refractivity contribution in [3.05, 3.63) is 62.6 Å².